The smallest absolute Gasteiger partial charge is 0.146 e. The Morgan fingerprint density at radius 1 is 1.44 bits per heavy atom. The molecule has 0 aliphatic carbocycles. The van der Waals surface area contributed by atoms with Crippen LogP contribution in [0.15, 0.2) is 28.7 Å². The Kier molecular flexibility index (Phi) is 4.43. The normalized spacial score (nSPS) is 12.7. The quantitative estimate of drug-likeness (QED) is 0.830. The lowest BCUT2D eigenvalue weighted by Crippen LogP contribution is -2.17. The van der Waals surface area contributed by atoms with Crippen LogP contribution < -0.4 is 5.32 Å². The Balaban J connectivity index is 2.48. The van der Waals surface area contributed by atoms with E-state index in [0.717, 1.165) is 9.35 Å². The molecule has 0 saturated carbocycles. The molecule has 0 amide bonds. The number of benzene rings is 1. The van der Waals surface area contributed by atoms with Crippen molar-refractivity contribution in [2.75, 3.05) is 7.05 Å². The summed E-state index contributed by atoms with van der Waals surface area (Å²) in [4.78, 5) is 2.23. The van der Waals surface area contributed by atoms with Crippen molar-refractivity contribution in [1.29, 1.82) is 0 Å². The maximum atomic E-state index is 14.1. The predicted molar refractivity (Wildman–Crippen MR) is 79.1 cm³/mol. The molecule has 0 fully saturated rings. The van der Waals surface area contributed by atoms with Crippen molar-refractivity contribution in [3.63, 3.8) is 0 Å². The highest BCUT2D eigenvalue weighted by atomic mass is 79.9. The second-order valence-corrected chi connectivity index (χ2v) is 6.47. The van der Waals surface area contributed by atoms with Crippen LogP contribution in [0, 0.1) is 12.7 Å². The largest absolute Gasteiger partial charge is 0.309 e. The highest BCUT2D eigenvalue weighted by Crippen LogP contribution is 2.35. The first-order chi connectivity index (χ1) is 8.54. The van der Waals surface area contributed by atoms with Crippen molar-refractivity contribution >= 4 is 38.9 Å². The minimum absolute atomic E-state index is 0.153. The minimum Gasteiger partial charge on any atom is -0.309 e. The molecule has 18 heavy (non-hydrogen) atoms. The molecule has 0 bridgehead atoms. The van der Waals surface area contributed by atoms with Crippen molar-refractivity contribution in [2.24, 2.45) is 0 Å². The van der Waals surface area contributed by atoms with Gasteiger partial charge in [0.15, 0.2) is 0 Å². The molecule has 1 unspecified atom stereocenters. The van der Waals surface area contributed by atoms with Crippen LogP contribution in [-0.2, 0) is 0 Å². The Morgan fingerprint density at radius 2 is 2.17 bits per heavy atom. The zero-order valence-corrected chi connectivity index (χ0v) is 13.1. The first kappa shape index (κ1) is 14.0. The topological polar surface area (TPSA) is 12.0 Å². The number of hydrogen-bond acceptors (Lipinski definition) is 2. The monoisotopic (exact) mass is 347 g/mol. The molecular weight excluding hydrogens is 337 g/mol. The summed E-state index contributed by atoms with van der Waals surface area (Å²) in [5.41, 5.74) is 0.568. The van der Waals surface area contributed by atoms with E-state index in [1.165, 1.54) is 4.88 Å². The van der Waals surface area contributed by atoms with Gasteiger partial charge in [-0.2, -0.15) is 0 Å². The fourth-order valence-corrected chi connectivity index (χ4v) is 3.69. The van der Waals surface area contributed by atoms with Crippen LogP contribution in [0.2, 0.25) is 5.02 Å². The SMILES string of the molecule is CNC(c1cc(Br)c(C)s1)c1cccc(Cl)c1F. The Bertz CT molecular complexity index is 551. The first-order valence-electron chi connectivity index (χ1n) is 5.41. The second-order valence-electron chi connectivity index (χ2n) is 3.92. The van der Waals surface area contributed by atoms with E-state index >= 15 is 0 Å². The van der Waals surface area contributed by atoms with Crippen LogP contribution in [0.1, 0.15) is 21.4 Å². The van der Waals surface area contributed by atoms with E-state index in [9.17, 15) is 4.39 Å². The van der Waals surface area contributed by atoms with Gasteiger partial charge in [0, 0.05) is 19.8 Å². The van der Waals surface area contributed by atoms with Gasteiger partial charge in [0.05, 0.1) is 11.1 Å². The molecule has 0 spiro atoms. The summed E-state index contributed by atoms with van der Waals surface area (Å²) in [6, 6.07) is 6.91. The Labute approximate surface area is 123 Å². The zero-order chi connectivity index (χ0) is 13.3. The van der Waals surface area contributed by atoms with Crippen LogP contribution in [0.4, 0.5) is 4.39 Å². The fourth-order valence-electron chi connectivity index (χ4n) is 1.82. The third-order valence-corrected chi connectivity index (χ3v) is 5.24. The number of rotatable bonds is 3. The summed E-state index contributed by atoms with van der Waals surface area (Å²) < 4.78 is 15.1. The van der Waals surface area contributed by atoms with Crippen molar-refractivity contribution in [3.8, 4) is 0 Å². The van der Waals surface area contributed by atoms with Crippen molar-refractivity contribution in [3.05, 3.63) is 54.9 Å². The summed E-state index contributed by atoms with van der Waals surface area (Å²) in [6.45, 7) is 2.03. The van der Waals surface area contributed by atoms with Gasteiger partial charge in [-0.05, 0) is 42.0 Å². The third kappa shape index (κ3) is 2.62. The van der Waals surface area contributed by atoms with Crippen molar-refractivity contribution < 1.29 is 4.39 Å². The van der Waals surface area contributed by atoms with E-state index < -0.39 is 0 Å². The van der Waals surface area contributed by atoms with Crippen LogP contribution in [0.25, 0.3) is 0 Å². The average molecular weight is 349 g/mol. The molecule has 0 aliphatic rings. The minimum atomic E-state index is -0.360. The van der Waals surface area contributed by atoms with Crippen LogP contribution in [-0.4, -0.2) is 7.05 Å². The number of nitrogens with one attached hydrogen (secondary N) is 1. The summed E-state index contributed by atoms with van der Waals surface area (Å²) in [7, 11) is 1.81. The van der Waals surface area contributed by atoms with E-state index in [2.05, 4.69) is 21.2 Å². The predicted octanol–water partition coefficient (Wildman–Crippen LogP) is 4.92. The molecule has 0 saturated heterocycles. The van der Waals surface area contributed by atoms with Crippen LogP contribution in [0.5, 0.6) is 0 Å². The molecule has 1 N–H and O–H groups in total. The van der Waals surface area contributed by atoms with Gasteiger partial charge in [0.1, 0.15) is 5.82 Å². The molecule has 1 heterocycles. The molecule has 1 atom stereocenters. The van der Waals surface area contributed by atoms with Gasteiger partial charge >= 0.3 is 0 Å². The fraction of sp³-hybridized carbons (Fsp3) is 0.231. The highest BCUT2D eigenvalue weighted by Gasteiger charge is 2.20. The van der Waals surface area contributed by atoms with Gasteiger partial charge in [-0.15, -0.1) is 11.3 Å². The number of thiophene rings is 1. The van der Waals surface area contributed by atoms with Gasteiger partial charge in [-0.1, -0.05) is 23.7 Å². The van der Waals surface area contributed by atoms with Gasteiger partial charge in [0.25, 0.3) is 0 Å². The number of halogens is 3. The van der Waals surface area contributed by atoms with Gasteiger partial charge in [0.2, 0.25) is 0 Å². The third-order valence-electron chi connectivity index (χ3n) is 2.74. The maximum Gasteiger partial charge on any atom is 0.146 e. The molecule has 5 heteroatoms. The number of aryl methyl sites for hydroxylation is 1. The van der Waals surface area contributed by atoms with Crippen LogP contribution in [0.3, 0.4) is 0 Å². The molecule has 1 nitrogen and oxygen atoms in total. The lowest BCUT2D eigenvalue weighted by molar-refractivity contribution is 0.579. The molecule has 2 rings (SSSR count). The van der Waals surface area contributed by atoms with E-state index in [4.69, 9.17) is 11.6 Å². The lowest BCUT2D eigenvalue weighted by Gasteiger charge is -2.16. The second kappa shape index (κ2) is 5.70. The van der Waals surface area contributed by atoms with Gasteiger partial charge in [-0.3, -0.25) is 0 Å². The van der Waals surface area contributed by atoms with E-state index in [-0.39, 0.29) is 16.9 Å². The molecule has 0 aliphatic heterocycles. The first-order valence-corrected chi connectivity index (χ1v) is 7.40. The maximum absolute atomic E-state index is 14.1. The summed E-state index contributed by atoms with van der Waals surface area (Å²) in [5.74, 6) is -0.360. The number of hydrogen-bond donors (Lipinski definition) is 1. The van der Waals surface area contributed by atoms with Crippen molar-refractivity contribution in [1.82, 2.24) is 5.32 Å². The van der Waals surface area contributed by atoms with E-state index in [1.54, 1.807) is 29.5 Å². The van der Waals surface area contributed by atoms with Crippen molar-refractivity contribution in [2.45, 2.75) is 13.0 Å². The molecule has 2 aromatic rings. The summed E-state index contributed by atoms with van der Waals surface area (Å²) in [6.07, 6.45) is 0. The summed E-state index contributed by atoms with van der Waals surface area (Å²) >= 11 is 10.9. The van der Waals surface area contributed by atoms with E-state index in [0.29, 0.717) is 5.56 Å². The van der Waals surface area contributed by atoms with E-state index in [1.807, 2.05) is 20.0 Å². The average Bonchev–Trinajstić information content (AvgIpc) is 2.66. The highest BCUT2D eigenvalue weighted by molar-refractivity contribution is 9.10. The van der Waals surface area contributed by atoms with Crippen LogP contribution >= 0.6 is 38.9 Å². The molecule has 96 valence electrons. The Morgan fingerprint density at radius 3 is 2.72 bits per heavy atom. The standard InChI is InChI=1S/C13H12BrClFNS/c1-7-9(14)6-11(18-7)13(17-2)8-4-3-5-10(15)12(8)16/h3-6,13,17H,1-2H3. The van der Waals surface area contributed by atoms with Gasteiger partial charge in [-0.25, -0.2) is 4.39 Å². The lowest BCUT2D eigenvalue weighted by atomic mass is 10.0. The molecular formula is C13H12BrClFNS. The van der Waals surface area contributed by atoms with Gasteiger partial charge < -0.3 is 5.32 Å². The molecule has 0 radical (unpaired) electrons. The zero-order valence-electron chi connectivity index (χ0n) is 9.93. The summed E-state index contributed by atoms with van der Waals surface area (Å²) in [5, 5.41) is 3.29. The molecule has 1 aromatic carbocycles. The molecule has 1 aromatic heterocycles. The Hall–Kier alpha value is -0.420.